The van der Waals surface area contributed by atoms with Crippen molar-refractivity contribution in [2.75, 3.05) is 13.6 Å². The van der Waals surface area contributed by atoms with E-state index >= 15 is 0 Å². The number of amides is 1. The average Bonchev–Trinajstić information content (AvgIpc) is 2.46. The number of ether oxygens (including phenoxy) is 1. The van der Waals surface area contributed by atoms with E-state index in [0.29, 0.717) is 13.2 Å². The number of nitrogens with two attached hydrogens (primary N) is 1. The molecule has 0 heterocycles. The summed E-state index contributed by atoms with van der Waals surface area (Å²) in [5.74, 6) is 0.498. The van der Waals surface area contributed by atoms with Crippen LogP contribution in [0.4, 0.5) is 0 Å². The van der Waals surface area contributed by atoms with Gasteiger partial charge in [0.05, 0.1) is 6.54 Å². The number of rotatable bonds is 7. The van der Waals surface area contributed by atoms with E-state index in [1.807, 2.05) is 66.5 Å². The number of hydrogen-bond donors (Lipinski definition) is 1. The van der Waals surface area contributed by atoms with Crippen molar-refractivity contribution in [3.63, 3.8) is 0 Å². The minimum atomic E-state index is -0.325. The highest BCUT2D eigenvalue weighted by Gasteiger charge is 2.04. The van der Waals surface area contributed by atoms with Gasteiger partial charge in [0.1, 0.15) is 12.4 Å². The Balaban J connectivity index is 1.93. The predicted octanol–water partition coefficient (Wildman–Crippen LogP) is 2.18. The van der Waals surface area contributed by atoms with Gasteiger partial charge in [0.25, 0.3) is 0 Å². The summed E-state index contributed by atoms with van der Waals surface area (Å²) in [5.41, 5.74) is 7.40. The SMILES string of the molecule is CN(CC(N)=O)Cc1cccc(OCc2ccccc2)c1. The van der Waals surface area contributed by atoms with Gasteiger partial charge < -0.3 is 10.5 Å². The number of benzene rings is 2. The quantitative estimate of drug-likeness (QED) is 0.848. The van der Waals surface area contributed by atoms with Crippen LogP contribution in [-0.4, -0.2) is 24.4 Å². The number of primary amides is 1. The van der Waals surface area contributed by atoms with Crippen LogP contribution in [0.5, 0.6) is 5.75 Å². The molecule has 2 aromatic rings. The third kappa shape index (κ3) is 5.28. The van der Waals surface area contributed by atoms with Gasteiger partial charge in [-0.1, -0.05) is 42.5 Å². The van der Waals surface area contributed by atoms with Crippen molar-refractivity contribution in [3.8, 4) is 5.75 Å². The molecule has 2 N–H and O–H groups in total. The van der Waals surface area contributed by atoms with Crippen LogP contribution in [0.25, 0.3) is 0 Å². The van der Waals surface area contributed by atoms with E-state index in [1.165, 1.54) is 0 Å². The number of nitrogens with zero attached hydrogens (tertiary/aromatic N) is 1. The summed E-state index contributed by atoms with van der Waals surface area (Å²) < 4.78 is 5.79. The minimum Gasteiger partial charge on any atom is -0.489 e. The Labute approximate surface area is 125 Å². The van der Waals surface area contributed by atoms with Crippen LogP contribution < -0.4 is 10.5 Å². The van der Waals surface area contributed by atoms with Gasteiger partial charge in [-0.25, -0.2) is 0 Å². The zero-order valence-corrected chi connectivity index (χ0v) is 12.2. The molecule has 21 heavy (non-hydrogen) atoms. The number of hydrogen-bond acceptors (Lipinski definition) is 3. The number of carbonyl (C=O) groups is 1. The molecule has 0 atom stereocenters. The molecule has 4 nitrogen and oxygen atoms in total. The topological polar surface area (TPSA) is 55.6 Å². The highest BCUT2D eigenvalue weighted by molar-refractivity contribution is 5.75. The molecule has 0 unspecified atom stereocenters. The first kappa shape index (κ1) is 15.1. The van der Waals surface area contributed by atoms with Gasteiger partial charge in [0.15, 0.2) is 0 Å². The van der Waals surface area contributed by atoms with E-state index in [4.69, 9.17) is 10.5 Å². The van der Waals surface area contributed by atoms with Gasteiger partial charge in [-0.3, -0.25) is 9.69 Å². The Morgan fingerprint density at radius 1 is 1.10 bits per heavy atom. The van der Waals surface area contributed by atoms with Crippen LogP contribution in [0, 0.1) is 0 Å². The Morgan fingerprint density at radius 2 is 1.81 bits per heavy atom. The second-order valence-corrected chi connectivity index (χ2v) is 5.06. The van der Waals surface area contributed by atoms with Crippen LogP contribution in [0.1, 0.15) is 11.1 Å². The van der Waals surface area contributed by atoms with E-state index < -0.39 is 0 Å². The summed E-state index contributed by atoms with van der Waals surface area (Å²) in [7, 11) is 1.86. The Bertz CT molecular complexity index is 584. The molecule has 0 radical (unpaired) electrons. The van der Waals surface area contributed by atoms with Crippen molar-refractivity contribution in [3.05, 3.63) is 65.7 Å². The first-order valence-corrected chi connectivity index (χ1v) is 6.86. The molecule has 0 saturated carbocycles. The molecular weight excluding hydrogens is 264 g/mol. The van der Waals surface area contributed by atoms with Gasteiger partial charge >= 0.3 is 0 Å². The van der Waals surface area contributed by atoms with Crippen molar-refractivity contribution >= 4 is 5.91 Å². The maximum absolute atomic E-state index is 10.9. The standard InChI is InChI=1S/C17H20N2O2/c1-19(12-17(18)20)11-15-8-5-9-16(10-15)21-13-14-6-3-2-4-7-14/h2-10H,11-13H2,1H3,(H2,18,20). The Kier molecular flexibility index (Phi) is 5.35. The maximum atomic E-state index is 10.9. The largest absolute Gasteiger partial charge is 0.489 e. The molecule has 0 aliphatic rings. The molecule has 0 bridgehead atoms. The van der Waals surface area contributed by atoms with Crippen LogP contribution in [-0.2, 0) is 17.9 Å². The van der Waals surface area contributed by atoms with E-state index in [9.17, 15) is 4.79 Å². The van der Waals surface area contributed by atoms with Crippen LogP contribution in [0.2, 0.25) is 0 Å². The molecule has 0 saturated heterocycles. The molecular formula is C17H20N2O2. The fourth-order valence-corrected chi connectivity index (χ4v) is 2.11. The van der Waals surface area contributed by atoms with Gasteiger partial charge in [0, 0.05) is 6.54 Å². The number of likely N-dealkylation sites (N-methyl/N-ethyl adjacent to an activating group) is 1. The minimum absolute atomic E-state index is 0.245. The lowest BCUT2D eigenvalue weighted by Gasteiger charge is -2.15. The van der Waals surface area contributed by atoms with Crippen molar-refractivity contribution in [1.82, 2.24) is 4.90 Å². The van der Waals surface area contributed by atoms with Crippen LogP contribution in [0.3, 0.4) is 0 Å². The summed E-state index contributed by atoms with van der Waals surface area (Å²) in [4.78, 5) is 12.8. The monoisotopic (exact) mass is 284 g/mol. The van der Waals surface area contributed by atoms with Crippen LogP contribution >= 0.6 is 0 Å². The average molecular weight is 284 g/mol. The van der Waals surface area contributed by atoms with E-state index in [-0.39, 0.29) is 12.5 Å². The van der Waals surface area contributed by atoms with Gasteiger partial charge in [-0.2, -0.15) is 0 Å². The smallest absolute Gasteiger partial charge is 0.231 e. The first-order chi connectivity index (χ1) is 10.1. The zero-order valence-electron chi connectivity index (χ0n) is 12.2. The van der Waals surface area contributed by atoms with Crippen molar-refractivity contribution in [1.29, 1.82) is 0 Å². The van der Waals surface area contributed by atoms with E-state index in [1.54, 1.807) is 0 Å². The highest BCUT2D eigenvalue weighted by Crippen LogP contribution is 2.16. The summed E-state index contributed by atoms with van der Waals surface area (Å²) in [6, 6.07) is 17.9. The Morgan fingerprint density at radius 3 is 2.52 bits per heavy atom. The van der Waals surface area contributed by atoms with Gasteiger partial charge in [-0.05, 0) is 30.3 Å². The third-order valence-electron chi connectivity index (χ3n) is 3.03. The maximum Gasteiger partial charge on any atom is 0.231 e. The molecule has 0 fully saturated rings. The third-order valence-corrected chi connectivity index (χ3v) is 3.03. The molecule has 1 amide bonds. The predicted molar refractivity (Wildman–Crippen MR) is 82.7 cm³/mol. The second kappa shape index (κ2) is 7.45. The molecule has 0 aliphatic heterocycles. The fraction of sp³-hybridized carbons (Fsp3) is 0.235. The lowest BCUT2D eigenvalue weighted by molar-refractivity contribution is -0.118. The molecule has 110 valence electrons. The van der Waals surface area contributed by atoms with E-state index in [0.717, 1.165) is 16.9 Å². The lowest BCUT2D eigenvalue weighted by Crippen LogP contribution is -2.30. The summed E-state index contributed by atoms with van der Waals surface area (Å²) in [6.07, 6.45) is 0. The normalized spacial score (nSPS) is 10.6. The Hall–Kier alpha value is -2.33. The van der Waals surface area contributed by atoms with Crippen molar-refractivity contribution in [2.45, 2.75) is 13.2 Å². The van der Waals surface area contributed by atoms with Crippen molar-refractivity contribution in [2.24, 2.45) is 5.73 Å². The van der Waals surface area contributed by atoms with Gasteiger partial charge in [-0.15, -0.1) is 0 Å². The van der Waals surface area contributed by atoms with Crippen LogP contribution in [0.15, 0.2) is 54.6 Å². The lowest BCUT2D eigenvalue weighted by atomic mass is 10.2. The molecule has 2 rings (SSSR count). The molecule has 2 aromatic carbocycles. The summed E-state index contributed by atoms with van der Waals surface area (Å²) in [6.45, 7) is 1.45. The second-order valence-electron chi connectivity index (χ2n) is 5.06. The number of carbonyl (C=O) groups excluding carboxylic acids is 1. The molecule has 0 aliphatic carbocycles. The summed E-state index contributed by atoms with van der Waals surface area (Å²) >= 11 is 0. The first-order valence-electron chi connectivity index (χ1n) is 6.86. The molecule has 0 aromatic heterocycles. The van der Waals surface area contributed by atoms with E-state index in [2.05, 4.69) is 0 Å². The molecule has 4 heteroatoms. The fourth-order valence-electron chi connectivity index (χ4n) is 2.11. The highest BCUT2D eigenvalue weighted by atomic mass is 16.5. The molecule has 0 spiro atoms. The summed E-state index contributed by atoms with van der Waals surface area (Å²) in [5, 5.41) is 0. The van der Waals surface area contributed by atoms with Gasteiger partial charge in [0.2, 0.25) is 5.91 Å². The zero-order chi connectivity index (χ0) is 15.1. The van der Waals surface area contributed by atoms with Crippen molar-refractivity contribution < 1.29 is 9.53 Å².